The van der Waals surface area contributed by atoms with Crippen LogP contribution in [0.3, 0.4) is 0 Å². The van der Waals surface area contributed by atoms with Crippen molar-refractivity contribution in [3.8, 4) is 0 Å². The standard InChI is InChI=1S/C14H26N6O/c1-4-11(5-2)10(3)16-13-17-12(15)18-14(19-13)20-6-8-21-9-7-20/h10-11H,4-9H2,1-3H3,(H3,15,16,17,18,19). The summed E-state index contributed by atoms with van der Waals surface area (Å²) in [5, 5.41) is 3.36. The molecule has 7 nitrogen and oxygen atoms in total. The van der Waals surface area contributed by atoms with E-state index in [2.05, 4.69) is 45.9 Å². The van der Waals surface area contributed by atoms with E-state index < -0.39 is 0 Å². The third-order valence-electron chi connectivity index (χ3n) is 4.05. The van der Waals surface area contributed by atoms with Gasteiger partial charge < -0.3 is 20.7 Å². The molecule has 21 heavy (non-hydrogen) atoms. The number of aromatic nitrogens is 3. The van der Waals surface area contributed by atoms with Crippen LogP contribution in [0.5, 0.6) is 0 Å². The zero-order valence-electron chi connectivity index (χ0n) is 13.2. The van der Waals surface area contributed by atoms with E-state index in [0.29, 0.717) is 37.1 Å². The molecule has 1 fully saturated rings. The Morgan fingerprint density at radius 1 is 1.19 bits per heavy atom. The second-order valence-electron chi connectivity index (χ2n) is 5.43. The topological polar surface area (TPSA) is 89.2 Å². The predicted octanol–water partition coefficient (Wildman–Crippen LogP) is 1.53. The van der Waals surface area contributed by atoms with Gasteiger partial charge in [-0.3, -0.25) is 0 Å². The van der Waals surface area contributed by atoms with Crippen molar-refractivity contribution in [1.82, 2.24) is 15.0 Å². The SMILES string of the molecule is CCC(CC)C(C)Nc1nc(N)nc(N2CCOCC2)n1. The number of hydrogen-bond acceptors (Lipinski definition) is 7. The van der Waals surface area contributed by atoms with Crippen LogP contribution in [0, 0.1) is 5.92 Å². The third-order valence-corrected chi connectivity index (χ3v) is 4.05. The van der Waals surface area contributed by atoms with E-state index in [-0.39, 0.29) is 5.95 Å². The normalized spacial score (nSPS) is 17.0. The maximum atomic E-state index is 5.82. The summed E-state index contributed by atoms with van der Waals surface area (Å²) in [4.78, 5) is 15.0. The van der Waals surface area contributed by atoms with Crippen molar-refractivity contribution in [2.24, 2.45) is 5.92 Å². The van der Waals surface area contributed by atoms with Gasteiger partial charge in [0.1, 0.15) is 0 Å². The first-order valence-electron chi connectivity index (χ1n) is 7.74. The van der Waals surface area contributed by atoms with Crippen LogP contribution in [0.15, 0.2) is 0 Å². The highest BCUT2D eigenvalue weighted by Crippen LogP contribution is 2.18. The maximum absolute atomic E-state index is 5.82. The number of anilines is 3. The molecule has 1 aromatic heterocycles. The molecule has 2 heterocycles. The Bertz CT molecular complexity index is 445. The summed E-state index contributed by atoms with van der Waals surface area (Å²) in [6.45, 7) is 9.51. The van der Waals surface area contributed by atoms with Crippen LogP contribution in [0.1, 0.15) is 33.6 Å². The number of ether oxygens (including phenoxy) is 1. The third kappa shape index (κ3) is 4.17. The van der Waals surface area contributed by atoms with Gasteiger partial charge in [-0.2, -0.15) is 15.0 Å². The number of nitrogens with two attached hydrogens (primary N) is 1. The quantitative estimate of drug-likeness (QED) is 0.822. The van der Waals surface area contributed by atoms with E-state index in [0.717, 1.165) is 25.9 Å². The van der Waals surface area contributed by atoms with Gasteiger partial charge in [0.15, 0.2) is 0 Å². The van der Waals surface area contributed by atoms with Crippen molar-refractivity contribution in [2.45, 2.75) is 39.7 Å². The van der Waals surface area contributed by atoms with Gasteiger partial charge in [-0.1, -0.05) is 26.7 Å². The molecule has 3 N–H and O–H groups in total. The monoisotopic (exact) mass is 294 g/mol. The number of nitrogens with one attached hydrogen (secondary N) is 1. The number of morpholine rings is 1. The molecule has 0 saturated carbocycles. The molecule has 1 atom stereocenters. The molecule has 7 heteroatoms. The summed E-state index contributed by atoms with van der Waals surface area (Å²) in [6.07, 6.45) is 2.25. The average molecular weight is 294 g/mol. The zero-order valence-corrected chi connectivity index (χ0v) is 13.2. The van der Waals surface area contributed by atoms with Gasteiger partial charge in [-0.25, -0.2) is 0 Å². The smallest absolute Gasteiger partial charge is 0.232 e. The van der Waals surface area contributed by atoms with Crippen LogP contribution in [0.2, 0.25) is 0 Å². The van der Waals surface area contributed by atoms with Crippen LogP contribution in [-0.4, -0.2) is 47.3 Å². The molecule has 0 aliphatic carbocycles. The summed E-state index contributed by atoms with van der Waals surface area (Å²) in [5.74, 6) is 2.04. The molecular formula is C14H26N6O. The average Bonchev–Trinajstić information content (AvgIpc) is 2.49. The minimum absolute atomic E-state index is 0.255. The van der Waals surface area contributed by atoms with Crippen LogP contribution in [0.25, 0.3) is 0 Å². The second-order valence-corrected chi connectivity index (χ2v) is 5.43. The Hall–Kier alpha value is -1.63. The summed E-state index contributed by atoms with van der Waals surface area (Å²) in [5.41, 5.74) is 5.82. The van der Waals surface area contributed by atoms with Crippen molar-refractivity contribution >= 4 is 17.8 Å². The Morgan fingerprint density at radius 2 is 1.86 bits per heavy atom. The number of nitrogens with zero attached hydrogens (tertiary/aromatic N) is 4. The molecule has 118 valence electrons. The fourth-order valence-electron chi connectivity index (χ4n) is 2.67. The number of nitrogen functional groups attached to an aromatic ring is 1. The van der Waals surface area contributed by atoms with E-state index in [4.69, 9.17) is 10.5 Å². The molecule has 1 aliphatic rings. The molecule has 1 saturated heterocycles. The van der Waals surface area contributed by atoms with Gasteiger partial charge in [0.25, 0.3) is 0 Å². The zero-order chi connectivity index (χ0) is 15.2. The predicted molar refractivity (Wildman–Crippen MR) is 84.4 cm³/mol. The van der Waals surface area contributed by atoms with Gasteiger partial charge in [0, 0.05) is 19.1 Å². The molecule has 1 aliphatic heterocycles. The highest BCUT2D eigenvalue weighted by Gasteiger charge is 2.18. The van der Waals surface area contributed by atoms with Crippen LogP contribution >= 0.6 is 0 Å². The Labute approximate surface area is 126 Å². The van der Waals surface area contributed by atoms with Crippen molar-refractivity contribution in [2.75, 3.05) is 42.3 Å². The second kappa shape index (κ2) is 7.40. The van der Waals surface area contributed by atoms with Crippen LogP contribution < -0.4 is 16.0 Å². The molecule has 0 amide bonds. The van der Waals surface area contributed by atoms with Gasteiger partial charge in [0.05, 0.1) is 13.2 Å². The van der Waals surface area contributed by atoms with E-state index >= 15 is 0 Å². The first kappa shape index (κ1) is 15.8. The fourth-order valence-corrected chi connectivity index (χ4v) is 2.67. The lowest BCUT2D eigenvalue weighted by molar-refractivity contribution is 0.122. The Kier molecular flexibility index (Phi) is 5.55. The van der Waals surface area contributed by atoms with E-state index in [1.165, 1.54) is 0 Å². The first-order chi connectivity index (χ1) is 10.1. The molecule has 0 bridgehead atoms. The highest BCUT2D eigenvalue weighted by atomic mass is 16.5. The van der Waals surface area contributed by atoms with Crippen molar-refractivity contribution in [3.05, 3.63) is 0 Å². The van der Waals surface area contributed by atoms with Gasteiger partial charge in [0.2, 0.25) is 17.8 Å². The molecule has 1 aromatic rings. The molecule has 0 spiro atoms. The largest absolute Gasteiger partial charge is 0.378 e. The number of rotatable bonds is 6. The summed E-state index contributed by atoms with van der Waals surface area (Å²) < 4.78 is 5.35. The summed E-state index contributed by atoms with van der Waals surface area (Å²) >= 11 is 0. The number of hydrogen-bond donors (Lipinski definition) is 2. The molecular weight excluding hydrogens is 268 g/mol. The van der Waals surface area contributed by atoms with E-state index in [1.54, 1.807) is 0 Å². The fraction of sp³-hybridized carbons (Fsp3) is 0.786. The Balaban J connectivity index is 2.10. The van der Waals surface area contributed by atoms with Gasteiger partial charge >= 0.3 is 0 Å². The molecule has 2 rings (SSSR count). The Morgan fingerprint density at radius 3 is 2.48 bits per heavy atom. The first-order valence-corrected chi connectivity index (χ1v) is 7.74. The lowest BCUT2D eigenvalue weighted by Gasteiger charge is -2.27. The van der Waals surface area contributed by atoms with E-state index in [9.17, 15) is 0 Å². The van der Waals surface area contributed by atoms with Crippen LogP contribution in [-0.2, 0) is 4.74 Å². The van der Waals surface area contributed by atoms with Crippen molar-refractivity contribution < 1.29 is 4.74 Å². The lowest BCUT2D eigenvalue weighted by Crippen LogP contribution is -2.38. The molecule has 0 aromatic carbocycles. The summed E-state index contributed by atoms with van der Waals surface area (Å²) in [7, 11) is 0. The maximum Gasteiger partial charge on any atom is 0.232 e. The lowest BCUT2D eigenvalue weighted by atomic mass is 9.96. The molecule has 0 radical (unpaired) electrons. The highest BCUT2D eigenvalue weighted by molar-refractivity contribution is 5.42. The van der Waals surface area contributed by atoms with Gasteiger partial charge in [-0.15, -0.1) is 0 Å². The summed E-state index contributed by atoms with van der Waals surface area (Å²) in [6, 6.07) is 0.305. The van der Waals surface area contributed by atoms with Crippen LogP contribution in [0.4, 0.5) is 17.8 Å². The minimum atomic E-state index is 0.255. The van der Waals surface area contributed by atoms with Crippen molar-refractivity contribution in [3.63, 3.8) is 0 Å². The minimum Gasteiger partial charge on any atom is -0.378 e. The molecule has 1 unspecified atom stereocenters. The van der Waals surface area contributed by atoms with Gasteiger partial charge in [-0.05, 0) is 12.8 Å². The van der Waals surface area contributed by atoms with E-state index in [1.807, 2.05) is 0 Å². The van der Waals surface area contributed by atoms with Crippen molar-refractivity contribution in [1.29, 1.82) is 0 Å².